The van der Waals surface area contributed by atoms with Crippen molar-refractivity contribution < 1.29 is 27.8 Å². The van der Waals surface area contributed by atoms with Crippen LogP contribution in [0.1, 0.15) is 57.1 Å². The number of halogens is 4. The second-order valence-electron chi connectivity index (χ2n) is 9.54. The summed E-state index contributed by atoms with van der Waals surface area (Å²) in [6.45, 7) is 8.93. The third-order valence-corrected chi connectivity index (χ3v) is 7.26. The maximum Gasteiger partial charge on any atom is 0.164 e. The summed E-state index contributed by atoms with van der Waals surface area (Å²) in [5.41, 5.74) is -2.26. The third kappa shape index (κ3) is 6.42. The second kappa shape index (κ2) is 11.8. The Hall–Kier alpha value is -2.00. The van der Waals surface area contributed by atoms with Crippen LogP contribution in [-0.4, -0.2) is 59.3 Å². The van der Waals surface area contributed by atoms with Gasteiger partial charge in [-0.3, -0.25) is 0 Å². The van der Waals surface area contributed by atoms with Crippen molar-refractivity contribution in [3.8, 4) is 0 Å². The molecule has 0 aromatic heterocycles. The molecule has 4 nitrogen and oxygen atoms in total. The molecule has 4 rings (SSSR count). The fraction of sp³-hybridized carbons (Fsp3) is 0.556. The molecule has 0 amide bonds. The van der Waals surface area contributed by atoms with Crippen LogP contribution in [0.4, 0.5) is 17.6 Å². The lowest BCUT2D eigenvalue weighted by Crippen LogP contribution is -2.43. The number of likely N-dealkylation sites (tertiary alicyclic amines) is 2. The number of piperidine rings is 2. The van der Waals surface area contributed by atoms with E-state index in [0.29, 0.717) is 38.8 Å². The van der Waals surface area contributed by atoms with Crippen LogP contribution in [0.25, 0.3) is 0 Å². The van der Waals surface area contributed by atoms with Gasteiger partial charge >= 0.3 is 0 Å². The van der Waals surface area contributed by atoms with Gasteiger partial charge in [0.1, 0.15) is 0 Å². The zero-order valence-corrected chi connectivity index (χ0v) is 20.5. The molecule has 2 saturated heterocycles. The number of aliphatic hydroxyl groups is 2. The minimum absolute atomic E-state index is 0.0910. The fourth-order valence-corrected chi connectivity index (χ4v) is 4.97. The van der Waals surface area contributed by atoms with Crippen LogP contribution >= 0.6 is 0 Å². The standard InChI is InChI=1S/C14H19F2NO.C13H17F2NO/c1-2-8-17-9-6-14(18,7-10-17)11-4-3-5-12(15)13(11)16;1-2-16-8-6-13(17,7-9-16)10-4-3-5-11(14)12(10)15/h3-5,18H,2,6-10H2,1H3;3-5,17H,2,6-9H2,1H3. The highest BCUT2D eigenvalue weighted by molar-refractivity contribution is 5.27. The van der Waals surface area contributed by atoms with Crippen LogP contribution in [-0.2, 0) is 11.2 Å². The summed E-state index contributed by atoms with van der Waals surface area (Å²) in [7, 11) is 0. The van der Waals surface area contributed by atoms with E-state index in [1.807, 2.05) is 6.92 Å². The molecule has 35 heavy (non-hydrogen) atoms. The minimum atomic E-state index is -1.23. The molecule has 2 fully saturated rings. The molecule has 2 aliphatic rings. The van der Waals surface area contributed by atoms with E-state index in [9.17, 15) is 27.8 Å². The van der Waals surface area contributed by atoms with Crippen molar-refractivity contribution in [2.75, 3.05) is 39.3 Å². The van der Waals surface area contributed by atoms with Crippen molar-refractivity contribution >= 4 is 0 Å². The summed E-state index contributed by atoms with van der Waals surface area (Å²) < 4.78 is 53.7. The van der Waals surface area contributed by atoms with Gasteiger partial charge in [0, 0.05) is 37.3 Å². The molecule has 2 aromatic rings. The Morgan fingerprint density at radius 1 is 0.686 bits per heavy atom. The van der Waals surface area contributed by atoms with Crippen LogP contribution in [0.2, 0.25) is 0 Å². The van der Waals surface area contributed by atoms with Gasteiger partial charge in [-0.1, -0.05) is 38.1 Å². The van der Waals surface area contributed by atoms with Gasteiger partial charge in [0.25, 0.3) is 0 Å². The summed E-state index contributed by atoms with van der Waals surface area (Å²) in [6, 6.07) is 7.99. The third-order valence-electron chi connectivity index (χ3n) is 7.26. The van der Waals surface area contributed by atoms with E-state index in [0.717, 1.165) is 44.7 Å². The van der Waals surface area contributed by atoms with Crippen LogP contribution in [0, 0.1) is 23.3 Å². The summed E-state index contributed by atoms with van der Waals surface area (Å²) >= 11 is 0. The normalized spacial score (nSPS) is 20.2. The monoisotopic (exact) mass is 496 g/mol. The summed E-state index contributed by atoms with van der Waals surface area (Å²) in [5, 5.41) is 20.9. The maximum absolute atomic E-state index is 13.7. The Kier molecular flexibility index (Phi) is 9.32. The number of benzene rings is 2. The van der Waals surface area contributed by atoms with Gasteiger partial charge < -0.3 is 20.0 Å². The Morgan fingerprint density at radius 2 is 1.09 bits per heavy atom. The molecule has 0 bridgehead atoms. The average molecular weight is 497 g/mol. The molecule has 0 aliphatic carbocycles. The van der Waals surface area contributed by atoms with Crippen molar-refractivity contribution in [3.05, 3.63) is 70.8 Å². The van der Waals surface area contributed by atoms with E-state index < -0.39 is 34.5 Å². The average Bonchev–Trinajstić information content (AvgIpc) is 2.85. The predicted octanol–water partition coefficient (Wildman–Crippen LogP) is 4.93. The first-order valence-corrected chi connectivity index (χ1v) is 12.4. The highest BCUT2D eigenvalue weighted by Crippen LogP contribution is 2.36. The summed E-state index contributed by atoms with van der Waals surface area (Å²) in [5.74, 6) is -3.62. The lowest BCUT2D eigenvalue weighted by atomic mass is 9.84. The van der Waals surface area contributed by atoms with Crippen molar-refractivity contribution in [2.24, 2.45) is 0 Å². The Balaban J connectivity index is 0.000000196. The first-order valence-electron chi connectivity index (χ1n) is 12.4. The van der Waals surface area contributed by atoms with Crippen molar-refractivity contribution in [3.63, 3.8) is 0 Å². The second-order valence-corrected chi connectivity index (χ2v) is 9.54. The van der Waals surface area contributed by atoms with Gasteiger partial charge in [0.2, 0.25) is 0 Å². The SMILES string of the molecule is CCCN1CCC(O)(c2cccc(F)c2F)CC1.CCN1CCC(O)(c2cccc(F)c2F)CC1. The predicted molar refractivity (Wildman–Crippen MR) is 128 cm³/mol. The number of rotatable bonds is 5. The van der Waals surface area contributed by atoms with Crippen LogP contribution < -0.4 is 0 Å². The maximum atomic E-state index is 13.7. The largest absolute Gasteiger partial charge is 0.385 e. The molecule has 0 saturated carbocycles. The van der Waals surface area contributed by atoms with Gasteiger partial charge in [0.15, 0.2) is 23.3 Å². The van der Waals surface area contributed by atoms with Gasteiger partial charge in [0.05, 0.1) is 11.2 Å². The Morgan fingerprint density at radius 3 is 1.46 bits per heavy atom. The molecule has 0 radical (unpaired) electrons. The molecule has 0 atom stereocenters. The fourth-order valence-electron chi connectivity index (χ4n) is 4.97. The minimum Gasteiger partial charge on any atom is -0.385 e. The quantitative estimate of drug-likeness (QED) is 0.577. The Labute approximate surface area is 205 Å². The molecule has 2 N–H and O–H groups in total. The molecule has 8 heteroatoms. The first-order chi connectivity index (χ1) is 16.6. The van der Waals surface area contributed by atoms with E-state index in [4.69, 9.17) is 0 Å². The van der Waals surface area contributed by atoms with Crippen LogP contribution in [0.15, 0.2) is 36.4 Å². The van der Waals surface area contributed by atoms with E-state index in [1.54, 1.807) is 0 Å². The number of nitrogens with zero attached hydrogens (tertiary/aromatic N) is 2. The van der Waals surface area contributed by atoms with Gasteiger partial charge in [-0.25, -0.2) is 17.6 Å². The van der Waals surface area contributed by atoms with Crippen molar-refractivity contribution in [1.29, 1.82) is 0 Å². The molecule has 0 unspecified atom stereocenters. The molecule has 2 aromatic carbocycles. The zero-order valence-electron chi connectivity index (χ0n) is 20.5. The lowest BCUT2D eigenvalue weighted by molar-refractivity contribution is -0.0288. The van der Waals surface area contributed by atoms with Crippen molar-refractivity contribution in [1.82, 2.24) is 9.80 Å². The van der Waals surface area contributed by atoms with Crippen LogP contribution in [0.3, 0.4) is 0 Å². The van der Waals surface area contributed by atoms with E-state index >= 15 is 0 Å². The van der Waals surface area contributed by atoms with E-state index in [2.05, 4.69) is 16.7 Å². The van der Waals surface area contributed by atoms with E-state index in [1.165, 1.54) is 24.3 Å². The number of hydrogen-bond donors (Lipinski definition) is 2. The lowest BCUT2D eigenvalue weighted by Gasteiger charge is -2.38. The van der Waals surface area contributed by atoms with Gasteiger partial charge in [-0.05, 0) is 57.3 Å². The highest BCUT2D eigenvalue weighted by Gasteiger charge is 2.37. The number of hydrogen-bond acceptors (Lipinski definition) is 4. The zero-order chi connectivity index (χ0) is 25.6. The molecule has 2 heterocycles. The topological polar surface area (TPSA) is 46.9 Å². The molecule has 2 aliphatic heterocycles. The molecule has 194 valence electrons. The van der Waals surface area contributed by atoms with Gasteiger partial charge in [-0.15, -0.1) is 0 Å². The molecule has 0 spiro atoms. The Bertz CT molecular complexity index is 972. The highest BCUT2D eigenvalue weighted by atomic mass is 19.2. The summed E-state index contributed by atoms with van der Waals surface area (Å²) in [4.78, 5) is 4.43. The molecular formula is C27H36F4N2O2. The molecular weight excluding hydrogens is 460 g/mol. The van der Waals surface area contributed by atoms with E-state index in [-0.39, 0.29) is 11.1 Å². The smallest absolute Gasteiger partial charge is 0.164 e. The summed E-state index contributed by atoms with van der Waals surface area (Å²) in [6.07, 6.45) is 2.86. The van der Waals surface area contributed by atoms with Crippen LogP contribution in [0.5, 0.6) is 0 Å². The van der Waals surface area contributed by atoms with Gasteiger partial charge in [-0.2, -0.15) is 0 Å². The van der Waals surface area contributed by atoms with Crippen molar-refractivity contribution in [2.45, 2.75) is 57.2 Å². The first kappa shape index (κ1) is 27.6.